The Kier molecular flexibility index (Phi) is 5.85. The predicted octanol–water partition coefficient (Wildman–Crippen LogP) is 2.87. The van der Waals surface area contributed by atoms with Crippen molar-refractivity contribution in [1.29, 1.82) is 5.26 Å². The fourth-order valence-corrected chi connectivity index (χ4v) is 3.62. The molecule has 9 nitrogen and oxygen atoms in total. The van der Waals surface area contributed by atoms with E-state index in [0.29, 0.717) is 23.2 Å². The van der Waals surface area contributed by atoms with Crippen molar-refractivity contribution in [3.05, 3.63) is 96.6 Å². The highest BCUT2D eigenvalue weighted by Crippen LogP contribution is 2.31. The van der Waals surface area contributed by atoms with E-state index in [4.69, 9.17) is 5.14 Å². The van der Waals surface area contributed by atoms with E-state index in [-0.39, 0.29) is 5.75 Å². The third kappa shape index (κ3) is 4.92. The largest absolute Gasteiger partial charge is 0.380 e. The summed E-state index contributed by atoms with van der Waals surface area (Å²) >= 11 is 0. The van der Waals surface area contributed by atoms with Crippen LogP contribution in [0.4, 0.5) is 5.69 Å². The Morgan fingerprint density at radius 2 is 1.69 bits per heavy atom. The minimum absolute atomic E-state index is 0.0844. The van der Waals surface area contributed by atoms with Gasteiger partial charge >= 0.3 is 10.3 Å². The van der Waals surface area contributed by atoms with Crippen molar-refractivity contribution in [1.82, 2.24) is 14.9 Å². The average molecular weight is 446 g/mol. The van der Waals surface area contributed by atoms with Gasteiger partial charge in [-0.3, -0.25) is 5.01 Å². The molecule has 10 heteroatoms. The van der Waals surface area contributed by atoms with Crippen LogP contribution in [0.3, 0.4) is 0 Å². The quantitative estimate of drug-likeness (QED) is 0.462. The number of aromatic nitrogens is 3. The van der Waals surface area contributed by atoms with E-state index in [1.165, 1.54) is 12.1 Å². The molecule has 4 aromatic rings. The number of nitrogens with two attached hydrogens (primary N) is 1. The lowest BCUT2D eigenvalue weighted by molar-refractivity contribution is 0.488. The molecule has 160 valence electrons. The summed E-state index contributed by atoms with van der Waals surface area (Å²) in [7, 11) is -4.11. The summed E-state index contributed by atoms with van der Waals surface area (Å²) in [6.45, 7) is 0.547. The second-order valence-electron chi connectivity index (χ2n) is 6.83. The van der Waals surface area contributed by atoms with Gasteiger partial charge in [0.2, 0.25) is 0 Å². The van der Waals surface area contributed by atoms with Gasteiger partial charge in [0, 0.05) is 5.56 Å². The van der Waals surface area contributed by atoms with Crippen LogP contribution in [-0.4, -0.2) is 23.3 Å². The van der Waals surface area contributed by atoms with E-state index in [1.54, 1.807) is 35.5 Å². The van der Waals surface area contributed by atoms with Crippen LogP contribution in [0.1, 0.15) is 11.1 Å². The highest BCUT2D eigenvalue weighted by molar-refractivity contribution is 7.84. The van der Waals surface area contributed by atoms with E-state index in [2.05, 4.69) is 20.4 Å². The maximum absolute atomic E-state index is 11.1. The van der Waals surface area contributed by atoms with Crippen LogP contribution >= 0.6 is 0 Å². The lowest BCUT2D eigenvalue weighted by Gasteiger charge is -2.26. The van der Waals surface area contributed by atoms with Gasteiger partial charge < -0.3 is 4.18 Å². The lowest BCUT2D eigenvalue weighted by atomic mass is 9.99. The van der Waals surface area contributed by atoms with Crippen molar-refractivity contribution in [2.24, 2.45) is 5.14 Å². The number of nitriles is 1. The molecule has 0 aliphatic carbocycles. The molecule has 3 aromatic carbocycles. The number of hydrogen-bond donors (Lipinski definition) is 1. The van der Waals surface area contributed by atoms with Gasteiger partial charge in [-0.1, -0.05) is 42.5 Å². The summed E-state index contributed by atoms with van der Waals surface area (Å²) in [6.07, 6.45) is 3.19. The first-order valence-electron chi connectivity index (χ1n) is 9.46. The zero-order chi connectivity index (χ0) is 22.6. The molecule has 1 heterocycles. The maximum Gasteiger partial charge on any atom is 0.380 e. The molecule has 0 unspecified atom stereocenters. The first-order chi connectivity index (χ1) is 15.4. The average Bonchev–Trinajstić information content (AvgIpc) is 3.32. The highest BCUT2D eigenvalue weighted by atomic mass is 32.2. The summed E-state index contributed by atoms with van der Waals surface area (Å²) in [5.74, 6) is 0.0844. The molecular formula is C22H18N6O3S. The molecule has 1 aromatic heterocycles. The molecule has 0 bridgehead atoms. The molecule has 0 spiro atoms. The van der Waals surface area contributed by atoms with Crippen molar-refractivity contribution >= 4 is 16.0 Å². The van der Waals surface area contributed by atoms with Crippen LogP contribution in [0.15, 0.2) is 85.5 Å². The van der Waals surface area contributed by atoms with Gasteiger partial charge in [-0.05, 0) is 41.5 Å². The first kappa shape index (κ1) is 21.0. The van der Waals surface area contributed by atoms with Gasteiger partial charge in [0.25, 0.3) is 0 Å². The molecule has 0 radical (unpaired) electrons. The Balaban J connectivity index is 1.73. The van der Waals surface area contributed by atoms with E-state index in [0.717, 1.165) is 11.3 Å². The molecular weight excluding hydrogens is 428 g/mol. The molecule has 0 atom stereocenters. The van der Waals surface area contributed by atoms with Crippen LogP contribution in [0.25, 0.3) is 11.1 Å². The maximum atomic E-state index is 11.1. The Morgan fingerprint density at radius 1 is 1.00 bits per heavy atom. The number of benzene rings is 3. The monoisotopic (exact) mass is 446 g/mol. The van der Waals surface area contributed by atoms with Crippen LogP contribution in [-0.2, 0) is 16.8 Å². The molecule has 2 N–H and O–H groups in total. The van der Waals surface area contributed by atoms with Crippen LogP contribution in [0, 0.1) is 11.3 Å². The summed E-state index contributed by atoms with van der Waals surface area (Å²) in [5.41, 5.74) is 3.76. The zero-order valence-electron chi connectivity index (χ0n) is 16.7. The fourth-order valence-electron chi connectivity index (χ4n) is 3.24. The molecule has 32 heavy (non-hydrogen) atoms. The molecule has 0 amide bonds. The van der Waals surface area contributed by atoms with E-state index in [1.807, 2.05) is 47.5 Å². The van der Waals surface area contributed by atoms with Gasteiger partial charge in [-0.25, -0.2) is 4.68 Å². The first-order valence-corrected chi connectivity index (χ1v) is 10.9. The van der Waals surface area contributed by atoms with Gasteiger partial charge in [0.1, 0.15) is 18.4 Å². The number of rotatable bonds is 7. The third-order valence-electron chi connectivity index (χ3n) is 4.66. The molecule has 0 fully saturated rings. The number of hydrogen-bond acceptors (Lipinski definition) is 7. The van der Waals surface area contributed by atoms with E-state index >= 15 is 0 Å². The third-order valence-corrected chi connectivity index (χ3v) is 5.08. The second kappa shape index (κ2) is 8.89. The van der Waals surface area contributed by atoms with Gasteiger partial charge in [-0.15, -0.1) is 10.2 Å². The second-order valence-corrected chi connectivity index (χ2v) is 7.98. The van der Waals surface area contributed by atoms with Gasteiger partial charge in [0.15, 0.2) is 0 Å². The summed E-state index contributed by atoms with van der Waals surface area (Å²) < 4.78 is 28.7. The standard InChI is InChI=1S/C22H18N6O3S/c23-13-19-6-9-20(12-22(19)18-7-10-21(11-8-18)31-32(24,29)30)28(27-15-25-26-16-27)14-17-4-2-1-3-5-17/h1-12,15-16H,14H2,(H2,24,29,30). The fraction of sp³-hybridized carbons (Fsp3) is 0.0455. The topological polar surface area (TPSA) is 127 Å². The van der Waals surface area contributed by atoms with Crippen LogP contribution < -0.4 is 14.3 Å². The smallest absolute Gasteiger partial charge is 0.371 e. The minimum atomic E-state index is -4.11. The molecule has 4 rings (SSSR count). The number of anilines is 1. The van der Waals surface area contributed by atoms with E-state index < -0.39 is 10.3 Å². The van der Waals surface area contributed by atoms with Gasteiger partial charge in [0.05, 0.1) is 23.9 Å². The Morgan fingerprint density at radius 3 is 2.31 bits per heavy atom. The van der Waals surface area contributed by atoms with Crippen LogP contribution in [0.2, 0.25) is 0 Å². The SMILES string of the molecule is N#Cc1ccc(N(Cc2ccccc2)n2cnnc2)cc1-c1ccc(OS(N)(=O)=O)cc1. The summed E-state index contributed by atoms with van der Waals surface area (Å²) in [5, 5.41) is 24.3. The van der Waals surface area contributed by atoms with Crippen molar-refractivity contribution in [3.8, 4) is 22.9 Å². The molecule has 0 aliphatic rings. The molecule has 0 aliphatic heterocycles. The Labute approximate surface area is 185 Å². The van der Waals surface area contributed by atoms with Gasteiger partial charge in [-0.2, -0.15) is 18.8 Å². The Hall–Kier alpha value is -4.20. The van der Waals surface area contributed by atoms with Crippen molar-refractivity contribution < 1.29 is 12.6 Å². The zero-order valence-corrected chi connectivity index (χ0v) is 17.6. The minimum Gasteiger partial charge on any atom is -0.371 e. The summed E-state index contributed by atoms with van der Waals surface area (Å²) in [6, 6.07) is 23.9. The van der Waals surface area contributed by atoms with Crippen molar-refractivity contribution in [2.45, 2.75) is 6.54 Å². The summed E-state index contributed by atoms with van der Waals surface area (Å²) in [4.78, 5) is 0. The van der Waals surface area contributed by atoms with Crippen molar-refractivity contribution in [3.63, 3.8) is 0 Å². The molecule has 0 saturated carbocycles. The highest BCUT2D eigenvalue weighted by Gasteiger charge is 2.14. The lowest BCUT2D eigenvalue weighted by Crippen LogP contribution is -2.27. The Bertz CT molecular complexity index is 1350. The van der Waals surface area contributed by atoms with E-state index in [9.17, 15) is 13.7 Å². The van der Waals surface area contributed by atoms with Crippen molar-refractivity contribution in [2.75, 3.05) is 5.01 Å². The predicted molar refractivity (Wildman–Crippen MR) is 118 cm³/mol. The number of nitrogens with zero attached hydrogens (tertiary/aromatic N) is 5. The normalized spacial score (nSPS) is 11.0. The van der Waals surface area contributed by atoms with Crippen LogP contribution in [0.5, 0.6) is 5.75 Å². The molecule has 0 saturated heterocycles.